The molecule has 0 unspecified atom stereocenters. The standard InChI is InChI=1S/C14H25N3OS/c1-4-14(18,5-2)11-17-13(15-6-3)16-10-12-8-7-9-19-12/h7-9,18H,4-6,10-11H2,1-3H3,(H2,15,16,17). The zero-order chi connectivity index (χ0) is 14.1. The van der Waals surface area contributed by atoms with Gasteiger partial charge in [-0.15, -0.1) is 11.3 Å². The third-order valence-corrected chi connectivity index (χ3v) is 4.08. The van der Waals surface area contributed by atoms with Gasteiger partial charge >= 0.3 is 0 Å². The second-order valence-electron chi connectivity index (χ2n) is 4.56. The first-order chi connectivity index (χ1) is 9.13. The summed E-state index contributed by atoms with van der Waals surface area (Å²) in [6.45, 7) is 8.04. The Hall–Kier alpha value is -1.07. The number of aliphatic hydroxyl groups is 1. The lowest BCUT2D eigenvalue weighted by molar-refractivity contribution is 0.0367. The number of hydrogen-bond acceptors (Lipinski definition) is 3. The van der Waals surface area contributed by atoms with Crippen molar-refractivity contribution in [3.05, 3.63) is 22.4 Å². The van der Waals surface area contributed by atoms with Crippen LogP contribution in [-0.2, 0) is 6.54 Å². The maximum absolute atomic E-state index is 10.3. The second-order valence-corrected chi connectivity index (χ2v) is 5.59. The summed E-state index contributed by atoms with van der Waals surface area (Å²) in [5, 5.41) is 18.7. The van der Waals surface area contributed by atoms with Crippen LogP contribution >= 0.6 is 11.3 Å². The van der Waals surface area contributed by atoms with E-state index in [1.807, 2.05) is 26.8 Å². The Balaban J connectivity index is 2.54. The van der Waals surface area contributed by atoms with Gasteiger partial charge in [0.25, 0.3) is 0 Å². The summed E-state index contributed by atoms with van der Waals surface area (Å²) in [7, 11) is 0. The second kappa shape index (κ2) is 8.17. The summed E-state index contributed by atoms with van der Waals surface area (Å²) in [6, 6.07) is 4.11. The van der Waals surface area contributed by atoms with Gasteiger partial charge < -0.3 is 15.7 Å². The molecule has 0 aliphatic rings. The van der Waals surface area contributed by atoms with Gasteiger partial charge in [0.1, 0.15) is 0 Å². The summed E-state index contributed by atoms with van der Waals surface area (Å²) in [5.74, 6) is 0.760. The molecule has 0 saturated heterocycles. The van der Waals surface area contributed by atoms with Gasteiger partial charge in [-0.05, 0) is 31.2 Å². The van der Waals surface area contributed by atoms with E-state index in [9.17, 15) is 5.11 Å². The zero-order valence-electron chi connectivity index (χ0n) is 12.1. The summed E-state index contributed by atoms with van der Waals surface area (Å²) in [4.78, 5) is 5.76. The van der Waals surface area contributed by atoms with Crippen molar-refractivity contribution in [2.45, 2.75) is 45.8 Å². The Bertz CT molecular complexity index is 372. The van der Waals surface area contributed by atoms with Crippen LogP contribution in [0, 0.1) is 0 Å². The van der Waals surface area contributed by atoms with Crippen LogP contribution < -0.4 is 10.6 Å². The van der Waals surface area contributed by atoms with Gasteiger partial charge in [0.2, 0.25) is 0 Å². The molecule has 1 aromatic rings. The summed E-state index contributed by atoms with van der Waals surface area (Å²) in [6.07, 6.45) is 1.47. The first-order valence-electron chi connectivity index (χ1n) is 6.90. The van der Waals surface area contributed by atoms with E-state index in [1.165, 1.54) is 4.88 Å². The van der Waals surface area contributed by atoms with Gasteiger partial charge in [-0.2, -0.15) is 0 Å². The summed E-state index contributed by atoms with van der Waals surface area (Å²) >= 11 is 1.70. The Labute approximate surface area is 120 Å². The van der Waals surface area contributed by atoms with Crippen LogP contribution in [0.3, 0.4) is 0 Å². The Morgan fingerprint density at radius 3 is 2.58 bits per heavy atom. The molecule has 108 valence electrons. The monoisotopic (exact) mass is 283 g/mol. The van der Waals surface area contributed by atoms with Crippen LogP contribution in [0.5, 0.6) is 0 Å². The highest BCUT2D eigenvalue weighted by molar-refractivity contribution is 7.09. The van der Waals surface area contributed by atoms with Crippen LogP contribution in [0.2, 0.25) is 0 Å². The molecular formula is C14H25N3OS. The van der Waals surface area contributed by atoms with Crippen molar-refractivity contribution >= 4 is 17.3 Å². The minimum atomic E-state index is -0.654. The molecule has 0 aromatic carbocycles. The Morgan fingerprint density at radius 2 is 2.05 bits per heavy atom. The average Bonchev–Trinajstić information content (AvgIpc) is 2.95. The topological polar surface area (TPSA) is 56.7 Å². The molecule has 0 atom stereocenters. The molecule has 1 heterocycles. The number of nitrogens with one attached hydrogen (secondary N) is 2. The highest BCUT2D eigenvalue weighted by atomic mass is 32.1. The van der Waals surface area contributed by atoms with Crippen LogP contribution in [-0.4, -0.2) is 29.8 Å². The molecule has 0 fully saturated rings. The van der Waals surface area contributed by atoms with Crippen molar-refractivity contribution < 1.29 is 5.11 Å². The summed E-state index contributed by atoms with van der Waals surface area (Å²) < 4.78 is 0. The van der Waals surface area contributed by atoms with Gasteiger partial charge in [-0.25, -0.2) is 4.99 Å². The number of nitrogens with zero attached hydrogens (tertiary/aromatic N) is 1. The number of rotatable bonds is 7. The Morgan fingerprint density at radius 1 is 1.32 bits per heavy atom. The largest absolute Gasteiger partial charge is 0.388 e. The maximum atomic E-state index is 10.3. The van der Waals surface area contributed by atoms with Crippen molar-refractivity contribution in [3.8, 4) is 0 Å². The minimum Gasteiger partial charge on any atom is -0.388 e. The van der Waals surface area contributed by atoms with Gasteiger partial charge in [-0.3, -0.25) is 0 Å². The molecule has 0 bridgehead atoms. The van der Waals surface area contributed by atoms with Gasteiger partial charge in [-0.1, -0.05) is 19.9 Å². The molecule has 0 amide bonds. The highest BCUT2D eigenvalue weighted by Gasteiger charge is 2.22. The van der Waals surface area contributed by atoms with Crippen molar-refractivity contribution in [1.29, 1.82) is 0 Å². The number of aliphatic imine (C=N–C) groups is 1. The number of guanidine groups is 1. The highest BCUT2D eigenvalue weighted by Crippen LogP contribution is 2.13. The minimum absolute atomic E-state index is 0.524. The maximum Gasteiger partial charge on any atom is 0.191 e. The smallest absolute Gasteiger partial charge is 0.191 e. The molecule has 4 nitrogen and oxygen atoms in total. The molecule has 19 heavy (non-hydrogen) atoms. The lowest BCUT2D eigenvalue weighted by Gasteiger charge is -2.26. The lowest BCUT2D eigenvalue weighted by atomic mass is 9.98. The molecule has 1 aromatic heterocycles. The fraction of sp³-hybridized carbons (Fsp3) is 0.643. The fourth-order valence-corrected chi connectivity index (χ4v) is 2.28. The van der Waals surface area contributed by atoms with Gasteiger partial charge in [0, 0.05) is 18.0 Å². The molecule has 0 saturated carbocycles. The van der Waals surface area contributed by atoms with Crippen LogP contribution in [0.25, 0.3) is 0 Å². The van der Waals surface area contributed by atoms with Crippen molar-refractivity contribution in [2.24, 2.45) is 4.99 Å². The van der Waals surface area contributed by atoms with E-state index in [0.717, 1.165) is 25.3 Å². The van der Waals surface area contributed by atoms with Crippen LogP contribution in [0.1, 0.15) is 38.5 Å². The normalized spacial score (nSPS) is 12.5. The molecule has 5 heteroatoms. The lowest BCUT2D eigenvalue weighted by Crippen LogP contribution is -2.46. The Kier molecular flexibility index (Phi) is 6.87. The van der Waals surface area contributed by atoms with Crippen molar-refractivity contribution in [2.75, 3.05) is 13.1 Å². The number of hydrogen-bond donors (Lipinski definition) is 3. The first kappa shape index (κ1) is 16.0. The van der Waals surface area contributed by atoms with E-state index in [0.29, 0.717) is 13.1 Å². The predicted octanol–water partition coefficient (Wildman–Crippen LogP) is 2.35. The molecule has 3 N–H and O–H groups in total. The molecular weight excluding hydrogens is 258 g/mol. The first-order valence-corrected chi connectivity index (χ1v) is 7.78. The van der Waals surface area contributed by atoms with E-state index in [2.05, 4.69) is 27.1 Å². The summed E-state index contributed by atoms with van der Waals surface area (Å²) in [5.41, 5.74) is -0.654. The molecule has 0 radical (unpaired) electrons. The predicted molar refractivity (Wildman–Crippen MR) is 82.7 cm³/mol. The van der Waals surface area contributed by atoms with E-state index < -0.39 is 5.60 Å². The zero-order valence-corrected chi connectivity index (χ0v) is 12.9. The SMILES string of the molecule is CCNC(=NCc1cccs1)NCC(O)(CC)CC. The van der Waals surface area contributed by atoms with E-state index >= 15 is 0 Å². The van der Waals surface area contributed by atoms with Crippen molar-refractivity contribution in [1.82, 2.24) is 10.6 Å². The van der Waals surface area contributed by atoms with Gasteiger partial charge in [0.05, 0.1) is 12.1 Å². The fourth-order valence-electron chi connectivity index (χ4n) is 1.65. The van der Waals surface area contributed by atoms with E-state index in [-0.39, 0.29) is 0 Å². The van der Waals surface area contributed by atoms with Crippen LogP contribution in [0.15, 0.2) is 22.5 Å². The van der Waals surface area contributed by atoms with Gasteiger partial charge in [0.15, 0.2) is 5.96 Å². The van der Waals surface area contributed by atoms with E-state index in [1.54, 1.807) is 11.3 Å². The molecule has 0 spiro atoms. The molecule has 0 aliphatic carbocycles. The molecule has 0 aliphatic heterocycles. The third-order valence-electron chi connectivity index (χ3n) is 3.22. The van der Waals surface area contributed by atoms with Crippen molar-refractivity contribution in [3.63, 3.8) is 0 Å². The van der Waals surface area contributed by atoms with Crippen LogP contribution in [0.4, 0.5) is 0 Å². The van der Waals surface area contributed by atoms with E-state index in [4.69, 9.17) is 0 Å². The average molecular weight is 283 g/mol. The number of thiophene rings is 1. The third kappa shape index (κ3) is 5.61. The molecule has 1 rings (SSSR count). The quantitative estimate of drug-likeness (QED) is 0.532.